The lowest BCUT2D eigenvalue weighted by Crippen LogP contribution is -2.42. The number of hydrogen-bond acceptors (Lipinski definition) is 2. The molecule has 0 heterocycles. The fourth-order valence-corrected chi connectivity index (χ4v) is 2.61. The Hall–Kier alpha value is -1.19. The van der Waals surface area contributed by atoms with Gasteiger partial charge in [0.1, 0.15) is 5.75 Å². The highest BCUT2D eigenvalue weighted by molar-refractivity contribution is 14.0. The van der Waals surface area contributed by atoms with E-state index >= 15 is 0 Å². The van der Waals surface area contributed by atoms with Crippen molar-refractivity contribution in [1.29, 1.82) is 0 Å². The molecular weight excluding hydrogens is 446 g/mol. The Morgan fingerprint density at radius 3 is 2.40 bits per heavy atom. The smallest absolute Gasteiger partial charge is 0.422 e. The van der Waals surface area contributed by atoms with Crippen LogP contribution in [0, 0.1) is 0 Å². The lowest BCUT2D eigenvalue weighted by molar-refractivity contribution is -0.153. The van der Waals surface area contributed by atoms with E-state index in [1.807, 2.05) is 6.92 Å². The van der Waals surface area contributed by atoms with Crippen LogP contribution in [0.4, 0.5) is 13.2 Å². The molecule has 0 saturated heterocycles. The molecule has 0 amide bonds. The zero-order valence-electron chi connectivity index (χ0n) is 14.2. The third kappa shape index (κ3) is 8.64. The quantitative estimate of drug-likeness (QED) is 0.371. The molecule has 8 heteroatoms. The lowest BCUT2D eigenvalue weighted by Gasteiger charge is -2.16. The number of guanidine groups is 1. The van der Waals surface area contributed by atoms with Crippen LogP contribution in [0.5, 0.6) is 5.75 Å². The Labute approximate surface area is 163 Å². The van der Waals surface area contributed by atoms with E-state index in [1.165, 1.54) is 25.0 Å². The van der Waals surface area contributed by atoms with Crippen molar-refractivity contribution >= 4 is 29.9 Å². The van der Waals surface area contributed by atoms with Crippen LogP contribution in [0.15, 0.2) is 29.3 Å². The van der Waals surface area contributed by atoms with Crippen LogP contribution in [0.25, 0.3) is 0 Å². The molecule has 0 radical (unpaired) electrons. The van der Waals surface area contributed by atoms with Crippen LogP contribution >= 0.6 is 24.0 Å². The molecule has 0 aliphatic heterocycles. The summed E-state index contributed by atoms with van der Waals surface area (Å²) < 4.78 is 41.0. The summed E-state index contributed by atoms with van der Waals surface area (Å²) in [7, 11) is 0. The fraction of sp³-hybridized carbons (Fsp3) is 0.588. The van der Waals surface area contributed by atoms with Gasteiger partial charge in [-0.05, 0) is 37.5 Å². The first-order chi connectivity index (χ1) is 11.5. The predicted molar refractivity (Wildman–Crippen MR) is 104 cm³/mol. The van der Waals surface area contributed by atoms with Crippen molar-refractivity contribution in [2.24, 2.45) is 4.99 Å². The van der Waals surface area contributed by atoms with Crippen molar-refractivity contribution < 1.29 is 17.9 Å². The highest BCUT2D eigenvalue weighted by Gasteiger charge is 2.28. The van der Waals surface area contributed by atoms with E-state index < -0.39 is 12.8 Å². The second-order valence-corrected chi connectivity index (χ2v) is 5.87. The Kier molecular flexibility index (Phi) is 9.37. The molecule has 1 aliphatic rings. The Balaban J connectivity index is 0.00000312. The maximum absolute atomic E-state index is 12.1. The minimum atomic E-state index is -4.32. The molecule has 2 rings (SSSR count). The maximum atomic E-state index is 12.1. The molecule has 1 aromatic carbocycles. The van der Waals surface area contributed by atoms with Gasteiger partial charge in [-0.1, -0.05) is 25.0 Å². The molecule has 1 aliphatic carbocycles. The average Bonchev–Trinajstić information content (AvgIpc) is 3.04. The third-order valence-corrected chi connectivity index (χ3v) is 3.79. The largest absolute Gasteiger partial charge is 0.484 e. The van der Waals surface area contributed by atoms with Crippen molar-refractivity contribution in [3.05, 3.63) is 29.8 Å². The predicted octanol–water partition coefficient (Wildman–Crippen LogP) is 4.24. The van der Waals surface area contributed by atoms with E-state index in [1.54, 1.807) is 12.1 Å². The molecule has 0 atom stereocenters. The van der Waals surface area contributed by atoms with Gasteiger partial charge < -0.3 is 15.4 Å². The zero-order chi connectivity index (χ0) is 17.4. The molecule has 142 valence electrons. The van der Waals surface area contributed by atoms with Gasteiger partial charge in [0.05, 0.1) is 6.54 Å². The minimum absolute atomic E-state index is 0. The van der Waals surface area contributed by atoms with E-state index in [2.05, 4.69) is 15.6 Å². The SMILES string of the molecule is CCNC(=NCc1ccc(OCC(F)(F)F)cc1)NC1CCCC1.I. The fourth-order valence-electron chi connectivity index (χ4n) is 2.61. The van der Waals surface area contributed by atoms with E-state index in [9.17, 15) is 13.2 Å². The molecule has 0 spiro atoms. The standard InChI is InChI=1S/C17H24F3N3O.HI/c1-2-21-16(23-14-5-3-4-6-14)22-11-13-7-9-15(10-8-13)24-12-17(18,19)20;/h7-10,14H,2-6,11-12H2,1H3,(H2,21,22,23);1H. The van der Waals surface area contributed by atoms with Crippen molar-refractivity contribution in [3.63, 3.8) is 0 Å². The first-order valence-corrected chi connectivity index (χ1v) is 8.29. The summed E-state index contributed by atoms with van der Waals surface area (Å²) in [5, 5.41) is 6.64. The van der Waals surface area contributed by atoms with Crippen molar-refractivity contribution in [1.82, 2.24) is 10.6 Å². The highest BCUT2D eigenvalue weighted by Crippen LogP contribution is 2.19. The van der Waals surface area contributed by atoms with Gasteiger partial charge in [0.15, 0.2) is 12.6 Å². The molecule has 1 aromatic rings. The Bertz CT molecular complexity index is 529. The van der Waals surface area contributed by atoms with Crippen molar-refractivity contribution in [3.8, 4) is 5.75 Å². The van der Waals surface area contributed by atoms with Gasteiger partial charge in [0.2, 0.25) is 0 Å². The Morgan fingerprint density at radius 2 is 1.84 bits per heavy atom. The van der Waals surface area contributed by atoms with Crippen LogP contribution in [0.3, 0.4) is 0 Å². The van der Waals surface area contributed by atoms with Gasteiger partial charge in [-0.25, -0.2) is 4.99 Å². The van der Waals surface area contributed by atoms with Gasteiger partial charge in [-0.2, -0.15) is 13.2 Å². The summed E-state index contributed by atoms with van der Waals surface area (Å²) in [6.45, 7) is 1.98. The van der Waals surface area contributed by atoms with Crippen molar-refractivity contribution in [2.75, 3.05) is 13.2 Å². The monoisotopic (exact) mass is 471 g/mol. The summed E-state index contributed by atoms with van der Waals surface area (Å²) in [5.74, 6) is 0.984. The van der Waals surface area contributed by atoms with Crippen LogP contribution < -0.4 is 15.4 Å². The second-order valence-electron chi connectivity index (χ2n) is 5.87. The summed E-state index contributed by atoms with van der Waals surface area (Å²) >= 11 is 0. The number of nitrogens with one attached hydrogen (secondary N) is 2. The van der Waals surface area contributed by atoms with E-state index in [0.717, 1.165) is 30.9 Å². The number of rotatable bonds is 6. The second kappa shape index (κ2) is 10.7. The molecular formula is C17H25F3IN3O. The van der Waals surface area contributed by atoms with Gasteiger partial charge in [0, 0.05) is 12.6 Å². The number of benzene rings is 1. The number of nitrogens with zero attached hydrogens (tertiary/aromatic N) is 1. The molecule has 2 N–H and O–H groups in total. The number of alkyl halides is 3. The number of halogens is 4. The van der Waals surface area contributed by atoms with Crippen LogP contribution in [-0.2, 0) is 6.54 Å². The van der Waals surface area contributed by atoms with E-state index in [4.69, 9.17) is 4.74 Å². The van der Waals surface area contributed by atoms with E-state index in [0.29, 0.717) is 12.6 Å². The zero-order valence-corrected chi connectivity index (χ0v) is 16.6. The number of aliphatic imine (C=N–C) groups is 1. The minimum Gasteiger partial charge on any atom is -0.484 e. The average molecular weight is 471 g/mol. The summed E-state index contributed by atoms with van der Waals surface area (Å²) in [6, 6.07) is 7.01. The molecule has 25 heavy (non-hydrogen) atoms. The number of hydrogen-bond donors (Lipinski definition) is 2. The van der Waals surface area contributed by atoms with Gasteiger partial charge in [0.25, 0.3) is 0 Å². The van der Waals surface area contributed by atoms with Gasteiger partial charge in [-0.3, -0.25) is 0 Å². The van der Waals surface area contributed by atoms with Crippen molar-refractivity contribution in [2.45, 2.75) is 51.4 Å². The molecule has 1 fully saturated rings. The maximum Gasteiger partial charge on any atom is 0.422 e. The topological polar surface area (TPSA) is 45.7 Å². The normalized spacial score (nSPS) is 15.6. The summed E-state index contributed by atoms with van der Waals surface area (Å²) in [5.41, 5.74) is 0.915. The Morgan fingerprint density at radius 1 is 1.20 bits per heavy atom. The molecule has 0 bridgehead atoms. The van der Waals surface area contributed by atoms with Crippen LogP contribution in [0.2, 0.25) is 0 Å². The first kappa shape index (κ1) is 21.9. The summed E-state index contributed by atoms with van der Waals surface area (Å²) in [6.07, 6.45) is 0.494. The molecule has 0 unspecified atom stereocenters. The van der Waals surface area contributed by atoms with Crippen LogP contribution in [0.1, 0.15) is 38.2 Å². The first-order valence-electron chi connectivity index (χ1n) is 8.29. The molecule has 4 nitrogen and oxygen atoms in total. The van der Waals surface area contributed by atoms with E-state index in [-0.39, 0.29) is 29.7 Å². The lowest BCUT2D eigenvalue weighted by atomic mass is 10.2. The van der Waals surface area contributed by atoms with Gasteiger partial charge in [-0.15, -0.1) is 24.0 Å². The van der Waals surface area contributed by atoms with Crippen LogP contribution in [-0.4, -0.2) is 31.3 Å². The molecule has 0 aromatic heterocycles. The number of ether oxygens (including phenoxy) is 1. The highest BCUT2D eigenvalue weighted by atomic mass is 127. The van der Waals surface area contributed by atoms with Gasteiger partial charge >= 0.3 is 6.18 Å². The molecule has 1 saturated carbocycles. The third-order valence-electron chi connectivity index (χ3n) is 3.79. The summed E-state index contributed by atoms with van der Waals surface area (Å²) in [4.78, 5) is 4.54.